The number of rotatable bonds is 3. The van der Waals surface area contributed by atoms with Crippen LogP contribution in [-0.2, 0) is 0 Å². The van der Waals surface area contributed by atoms with Gasteiger partial charge in [-0.3, -0.25) is 4.79 Å². The molecule has 17 heavy (non-hydrogen) atoms. The number of halogens is 2. The summed E-state index contributed by atoms with van der Waals surface area (Å²) in [4.78, 5) is 12.6. The molecule has 2 rings (SSSR count). The fraction of sp³-hybridized carbons (Fsp3) is 0.462. The first-order chi connectivity index (χ1) is 8.09. The van der Waals surface area contributed by atoms with Gasteiger partial charge in [0.2, 0.25) is 0 Å². The lowest BCUT2D eigenvalue weighted by Crippen LogP contribution is -2.47. The number of carbonyl (C=O) groups is 1. The number of hydrogen-bond donors (Lipinski definition) is 1. The van der Waals surface area contributed by atoms with Gasteiger partial charge in [-0.2, -0.15) is 0 Å². The maximum absolute atomic E-state index is 12.6. The largest absolute Gasteiger partial charge is 0.305 e. The molecule has 0 radical (unpaired) electrons. The Morgan fingerprint density at radius 1 is 1.47 bits per heavy atom. The second kappa shape index (κ2) is 4.97. The summed E-state index contributed by atoms with van der Waals surface area (Å²) in [5.41, 5.74) is 0.0735. The summed E-state index contributed by atoms with van der Waals surface area (Å²) >= 11 is 12.0. The van der Waals surface area contributed by atoms with Crippen molar-refractivity contribution < 1.29 is 4.79 Å². The molecule has 1 aliphatic rings. The maximum Gasteiger partial charge on any atom is 0.184 e. The van der Waals surface area contributed by atoms with Gasteiger partial charge in [-0.05, 0) is 44.0 Å². The molecule has 1 aromatic carbocycles. The van der Waals surface area contributed by atoms with Gasteiger partial charge in [-0.1, -0.05) is 30.1 Å². The molecule has 0 spiro atoms. The number of Topliss-reactive ketones (excluding diaryl/α,β-unsaturated/α-hetero) is 1. The molecule has 1 aromatic rings. The minimum absolute atomic E-state index is 0.0602. The highest BCUT2D eigenvalue weighted by Crippen LogP contribution is 2.31. The van der Waals surface area contributed by atoms with Crippen LogP contribution < -0.4 is 5.32 Å². The van der Waals surface area contributed by atoms with Crippen LogP contribution in [0.3, 0.4) is 0 Å². The zero-order valence-electron chi connectivity index (χ0n) is 9.72. The van der Waals surface area contributed by atoms with Crippen molar-refractivity contribution in [1.29, 1.82) is 0 Å². The van der Waals surface area contributed by atoms with Gasteiger partial charge in [0.05, 0.1) is 10.6 Å². The van der Waals surface area contributed by atoms with Crippen molar-refractivity contribution in [1.82, 2.24) is 5.32 Å². The lowest BCUT2D eigenvalue weighted by Gasteiger charge is -2.26. The number of nitrogens with one attached hydrogen (secondary N) is 1. The molecule has 0 amide bonds. The van der Waals surface area contributed by atoms with Crippen molar-refractivity contribution in [2.45, 2.75) is 31.7 Å². The molecular weight excluding hydrogens is 257 g/mol. The molecule has 1 aliphatic heterocycles. The Hall–Kier alpha value is -0.570. The summed E-state index contributed by atoms with van der Waals surface area (Å²) in [6.07, 6.45) is 2.66. The maximum atomic E-state index is 12.6. The Balaban J connectivity index is 2.39. The van der Waals surface area contributed by atoms with E-state index in [9.17, 15) is 4.79 Å². The van der Waals surface area contributed by atoms with Gasteiger partial charge in [0, 0.05) is 10.6 Å². The van der Waals surface area contributed by atoms with Crippen LogP contribution in [0.1, 0.15) is 36.5 Å². The number of hydrogen-bond acceptors (Lipinski definition) is 2. The second-order valence-electron chi connectivity index (χ2n) is 4.42. The van der Waals surface area contributed by atoms with E-state index in [1.54, 1.807) is 18.2 Å². The molecule has 1 heterocycles. The molecule has 1 N–H and O–H groups in total. The van der Waals surface area contributed by atoms with Crippen LogP contribution in [-0.4, -0.2) is 17.9 Å². The molecule has 92 valence electrons. The van der Waals surface area contributed by atoms with Gasteiger partial charge < -0.3 is 5.32 Å². The van der Waals surface area contributed by atoms with Crippen molar-refractivity contribution in [3.63, 3.8) is 0 Å². The molecule has 1 atom stereocenters. The molecule has 1 saturated heterocycles. The predicted octanol–water partition coefficient (Wildman–Crippen LogP) is 3.71. The number of carbonyl (C=O) groups excluding carboxylic acids is 1. The zero-order chi connectivity index (χ0) is 12.5. The van der Waals surface area contributed by atoms with E-state index in [2.05, 4.69) is 5.32 Å². The molecule has 1 unspecified atom stereocenters. The molecule has 0 aromatic heterocycles. The number of ketones is 1. The van der Waals surface area contributed by atoms with Gasteiger partial charge in [0.15, 0.2) is 5.78 Å². The molecule has 4 heteroatoms. The van der Waals surface area contributed by atoms with Crippen molar-refractivity contribution in [2.75, 3.05) is 6.54 Å². The van der Waals surface area contributed by atoms with Gasteiger partial charge >= 0.3 is 0 Å². The van der Waals surface area contributed by atoms with Gasteiger partial charge in [-0.15, -0.1) is 0 Å². The Morgan fingerprint density at radius 3 is 2.82 bits per heavy atom. The van der Waals surface area contributed by atoms with Crippen LogP contribution in [0.25, 0.3) is 0 Å². The summed E-state index contributed by atoms with van der Waals surface area (Å²) < 4.78 is 0. The fourth-order valence-electron chi connectivity index (χ4n) is 2.39. The standard InChI is InChI=1S/C13H15Cl2NO/c1-2-13(6-3-7-16-13)12(17)10-8-9(14)4-5-11(10)15/h4-5,8,16H,2-3,6-7H2,1H3. The van der Waals surface area contributed by atoms with Crippen LogP contribution in [0, 0.1) is 0 Å². The monoisotopic (exact) mass is 271 g/mol. The highest BCUT2D eigenvalue weighted by Gasteiger charge is 2.40. The van der Waals surface area contributed by atoms with Crippen molar-refractivity contribution in [3.8, 4) is 0 Å². The smallest absolute Gasteiger partial charge is 0.184 e. The summed E-state index contributed by atoms with van der Waals surface area (Å²) in [5.74, 6) is 0.0602. The van der Waals surface area contributed by atoms with E-state index in [0.717, 1.165) is 25.8 Å². The van der Waals surface area contributed by atoms with E-state index in [1.165, 1.54) is 0 Å². The Kier molecular flexibility index (Phi) is 3.76. The topological polar surface area (TPSA) is 29.1 Å². The third kappa shape index (κ3) is 2.35. The number of benzene rings is 1. The van der Waals surface area contributed by atoms with E-state index >= 15 is 0 Å². The van der Waals surface area contributed by atoms with Crippen LogP contribution in [0.15, 0.2) is 18.2 Å². The first-order valence-electron chi connectivity index (χ1n) is 5.84. The molecule has 0 bridgehead atoms. The van der Waals surface area contributed by atoms with Gasteiger partial charge in [-0.25, -0.2) is 0 Å². The highest BCUT2D eigenvalue weighted by atomic mass is 35.5. The average molecular weight is 272 g/mol. The summed E-state index contributed by atoms with van der Waals surface area (Å²) in [6, 6.07) is 5.03. The Morgan fingerprint density at radius 2 is 2.24 bits per heavy atom. The second-order valence-corrected chi connectivity index (χ2v) is 5.26. The quantitative estimate of drug-likeness (QED) is 0.850. The summed E-state index contributed by atoms with van der Waals surface area (Å²) in [7, 11) is 0. The predicted molar refractivity (Wildman–Crippen MR) is 71.1 cm³/mol. The molecule has 2 nitrogen and oxygen atoms in total. The highest BCUT2D eigenvalue weighted by molar-refractivity contribution is 6.36. The van der Waals surface area contributed by atoms with Crippen LogP contribution in [0.2, 0.25) is 10.0 Å². The van der Waals surface area contributed by atoms with Crippen LogP contribution in [0.4, 0.5) is 0 Å². The minimum atomic E-state index is -0.450. The summed E-state index contributed by atoms with van der Waals surface area (Å²) in [5, 5.41) is 4.33. The lowest BCUT2D eigenvalue weighted by atomic mass is 9.85. The normalized spacial score (nSPS) is 23.9. The first-order valence-corrected chi connectivity index (χ1v) is 6.59. The Labute approximate surface area is 111 Å². The van der Waals surface area contributed by atoms with Crippen molar-refractivity contribution in [2.24, 2.45) is 0 Å². The van der Waals surface area contributed by atoms with Crippen LogP contribution >= 0.6 is 23.2 Å². The average Bonchev–Trinajstić information content (AvgIpc) is 2.81. The van der Waals surface area contributed by atoms with Gasteiger partial charge in [0.25, 0.3) is 0 Å². The molecule has 1 fully saturated rings. The van der Waals surface area contributed by atoms with E-state index in [0.29, 0.717) is 15.6 Å². The SMILES string of the molecule is CCC1(C(=O)c2cc(Cl)ccc2Cl)CCCN1. The molecular formula is C13H15Cl2NO. The van der Waals surface area contributed by atoms with E-state index in [1.807, 2.05) is 6.92 Å². The fourth-order valence-corrected chi connectivity index (χ4v) is 2.77. The van der Waals surface area contributed by atoms with Crippen LogP contribution in [0.5, 0.6) is 0 Å². The molecule has 0 saturated carbocycles. The Bertz CT molecular complexity index is 439. The molecule has 0 aliphatic carbocycles. The van der Waals surface area contributed by atoms with Gasteiger partial charge in [0.1, 0.15) is 0 Å². The van der Waals surface area contributed by atoms with Crippen molar-refractivity contribution in [3.05, 3.63) is 33.8 Å². The third-order valence-corrected chi connectivity index (χ3v) is 4.02. The van der Waals surface area contributed by atoms with Crippen molar-refractivity contribution >= 4 is 29.0 Å². The van der Waals surface area contributed by atoms with E-state index in [-0.39, 0.29) is 5.78 Å². The first kappa shape index (κ1) is 12.9. The van der Waals surface area contributed by atoms with E-state index < -0.39 is 5.54 Å². The van der Waals surface area contributed by atoms with E-state index in [4.69, 9.17) is 23.2 Å². The minimum Gasteiger partial charge on any atom is -0.305 e. The third-order valence-electron chi connectivity index (χ3n) is 3.45. The zero-order valence-corrected chi connectivity index (χ0v) is 11.2. The summed E-state index contributed by atoms with van der Waals surface area (Å²) in [6.45, 7) is 2.91. The lowest BCUT2D eigenvalue weighted by molar-refractivity contribution is 0.0864.